The molecule has 1 aromatic carbocycles. The van der Waals surface area contributed by atoms with Crippen molar-refractivity contribution in [3.8, 4) is 0 Å². The van der Waals surface area contributed by atoms with Gasteiger partial charge in [-0.1, -0.05) is 43.2 Å². The molecule has 17 heavy (non-hydrogen) atoms. The van der Waals surface area contributed by atoms with E-state index in [1.807, 2.05) is 0 Å². The summed E-state index contributed by atoms with van der Waals surface area (Å²) in [6.45, 7) is 1.05. The van der Waals surface area contributed by atoms with E-state index < -0.39 is 0 Å². The fraction of sp³-hybridized carbons (Fsp3) is 0.625. The van der Waals surface area contributed by atoms with Crippen molar-refractivity contribution in [3.05, 3.63) is 35.9 Å². The van der Waals surface area contributed by atoms with Gasteiger partial charge in [0.25, 0.3) is 0 Å². The Kier molecular flexibility index (Phi) is 3.46. The van der Waals surface area contributed by atoms with E-state index in [0.29, 0.717) is 0 Å². The van der Waals surface area contributed by atoms with Crippen LogP contribution in [0, 0.1) is 11.8 Å². The van der Waals surface area contributed by atoms with Crippen LogP contribution in [0.1, 0.15) is 44.1 Å². The third-order valence-corrected chi connectivity index (χ3v) is 4.70. The first-order valence-corrected chi connectivity index (χ1v) is 7.21. The van der Waals surface area contributed by atoms with Crippen molar-refractivity contribution in [1.29, 1.82) is 0 Å². The number of hydrogen-bond donors (Lipinski definition) is 1. The molecule has 1 nitrogen and oxygen atoms in total. The van der Waals surface area contributed by atoms with Gasteiger partial charge in [0.05, 0.1) is 0 Å². The van der Waals surface area contributed by atoms with Gasteiger partial charge in [0.1, 0.15) is 0 Å². The average Bonchev–Trinajstić information content (AvgIpc) is 2.22. The van der Waals surface area contributed by atoms with Crippen molar-refractivity contribution < 1.29 is 0 Å². The molecule has 0 heterocycles. The summed E-state index contributed by atoms with van der Waals surface area (Å²) in [6.07, 6.45) is 8.76. The van der Waals surface area contributed by atoms with Gasteiger partial charge >= 0.3 is 0 Å². The molecule has 0 radical (unpaired) electrons. The lowest BCUT2D eigenvalue weighted by molar-refractivity contribution is 0.122. The SMILES string of the molecule is c1ccc(CNC(C2CCC2)C2CCC2)cc1. The van der Waals surface area contributed by atoms with Gasteiger partial charge in [-0.05, 0) is 43.1 Å². The van der Waals surface area contributed by atoms with Crippen LogP contribution in [0.15, 0.2) is 30.3 Å². The first kappa shape index (κ1) is 11.3. The molecular weight excluding hydrogens is 206 g/mol. The molecule has 0 bridgehead atoms. The predicted octanol–water partition coefficient (Wildman–Crippen LogP) is 3.75. The minimum atomic E-state index is 0.803. The molecule has 0 saturated heterocycles. The van der Waals surface area contributed by atoms with E-state index >= 15 is 0 Å². The van der Waals surface area contributed by atoms with E-state index in [-0.39, 0.29) is 0 Å². The van der Waals surface area contributed by atoms with Crippen LogP contribution < -0.4 is 5.32 Å². The van der Waals surface area contributed by atoms with Crippen LogP contribution in [0.25, 0.3) is 0 Å². The molecule has 0 atom stereocenters. The highest BCUT2D eigenvalue weighted by molar-refractivity contribution is 5.14. The fourth-order valence-electron chi connectivity index (χ4n) is 3.15. The summed E-state index contributed by atoms with van der Waals surface area (Å²) in [4.78, 5) is 0. The van der Waals surface area contributed by atoms with Crippen molar-refractivity contribution >= 4 is 0 Å². The Bertz CT molecular complexity index is 324. The van der Waals surface area contributed by atoms with Crippen molar-refractivity contribution in [2.24, 2.45) is 11.8 Å². The summed E-state index contributed by atoms with van der Waals surface area (Å²) in [5.74, 6) is 1.95. The summed E-state index contributed by atoms with van der Waals surface area (Å²) in [5.41, 5.74) is 1.43. The van der Waals surface area contributed by atoms with E-state index in [1.54, 1.807) is 0 Å². The van der Waals surface area contributed by atoms with E-state index in [4.69, 9.17) is 0 Å². The minimum absolute atomic E-state index is 0.803. The summed E-state index contributed by atoms with van der Waals surface area (Å²) >= 11 is 0. The van der Waals surface area contributed by atoms with Gasteiger partial charge in [-0.3, -0.25) is 0 Å². The average molecular weight is 229 g/mol. The topological polar surface area (TPSA) is 12.0 Å². The number of benzene rings is 1. The fourth-order valence-corrected chi connectivity index (χ4v) is 3.15. The van der Waals surface area contributed by atoms with Gasteiger partial charge in [0.2, 0.25) is 0 Å². The Morgan fingerprint density at radius 1 is 0.941 bits per heavy atom. The van der Waals surface area contributed by atoms with Gasteiger partial charge in [0, 0.05) is 12.6 Å². The Labute approximate surface area is 105 Å². The lowest BCUT2D eigenvalue weighted by Crippen LogP contribution is -2.46. The largest absolute Gasteiger partial charge is 0.309 e. The second-order valence-electron chi connectivity index (χ2n) is 5.77. The second-order valence-corrected chi connectivity index (χ2v) is 5.77. The van der Waals surface area contributed by atoms with Gasteiger partial charge in [-0.25, -0.2) is 0 Å². The molecule has 1 N–H and O–H groups in total. The lowest BCUT2D eigenvalue weighted by Gasteiger charge is -2.43. The summed E-state index contributed by atoms with van der Waals surface area (Å²) in [5, 5.41) is 3.84. The van der Waals surface area contributed by atoms with Crippen LogP contribution in [-0.2, 0) is 6.54 Å². The number of hydrogen-bond acceptors (Lipinski definition) is 1. The van der Waals surface area contributed by atoms with Crippen LogP contribution >= 0.6 is 0 Å². The van der Waals surface area contributed by atoms with Crippen LogP contribution in [0.5, 0.6) is 0 Å². The molecule has 2 aliphatic rings. The molecule has 1 heteroatoms. The molecule has 3 rings (SSSR count). The van der Waals surface area contributed by atoms with Crippen molar-refractivity contribution in [2.45, 2.75) is 51.1 Å². The van der Waals surface area contributed by atoms with Crippen LogP contribution in [0.2, 0.25) is 0 Å². The van der Waals surface area contributed by atoms with Gasteiger partial charge < -0.3 is 5.32 Å². The van der Waals surface area contributed by atoms with Crippen LogP contribution in [0.4, 0.5) is 0 Å². The molecular formula is C16H23N. The van der Waals surface area contributed by atoms with Gasteiger partial charge in [-0.2, -0.15) is 0 Å². The number of rotatable bonds is 5. The van der Waals surface area contributed by atoms with Crippen molar-refractivity contribution in [3.63, 3.8) is 0 Å². The normalized spacial score (nSPS) is 21.2. The standard InChI is InChI=1S/C16H23N/c1-2-6-13(7-3-1)12-17-16(14-8-4-9-14)15-10-5-11-15/h1-3,6-7,14-17H,4-5,8-12H2. The van der Waals surface area contributed by atoms with E-state index in [1.165, 1.54) is 44.1 Å². The van der Waals surface area contributed by atoms with Crippen molar-refractivity contribution in [2.75, 3.05) is 0 Å². The molecule has 2 fully saturated rings. The Hall–Kier alpha value is -0.820. The Balaban J connectivity index is 1.56. The molecule has 1 aromatic rings. The van der Waals surface area contributed by atoms with Crippen LogP contribution in [0.3, 0.4) is 0 Å². The Morgan fingerprint density at radius 2 is 1.53 bits per heavy atom. The third-order valence-electron chi connectivity index (χ3n) is 4.70. The molecule has 0 aromatic heterocycles. The molecule has 92 valence electrons. The first-order valence-electron chi connectivity index (χ1n) is 7.21. The highest BCUT2D eigenvalue weighted by atomic mass is 14.9. The maximum absolute atomic E-state index is 3.84. The maximum Gasteiger partial charge on any atom is 0.0208 e. The molecule has 0 aliphatic heterocycles. The lowest BCUT2D eigenvalue weighted by atomic mass is 9.68. The summed E-state index contributed by atoms with van der Waals surface area (Å²) in [6, 6.07) is 11.6. The zero-order valence-corrected chi connectivity index (χ0v) is 10.6. The highest BCUT2D eigenvalue weighted by Crippen LogP contribution is 2.40. The zero-order valence-electron chi connectivity index (χ0n) is 10.6. The Morgan fingerprint density at radius 3 is 2.00 bits per heavy atom. The maximum atomic E-state index is 3.84. The van der Waals surface area contributed by atoms with E-state index in [2.05, 4.69) is 35.6 Å². The predicted molar refractivity (Wildman–Crippen MR) is 71.8 cm³/mol. The van der Waals surface area contributed by atoms with E-state index in [9.17, 15) is 0 Å². The monoisotopic (exact) mass is 229 g/mol. The minimum Gasteiger partial charge on any atom is -0.309 e. The molecule has 0 unspecified atom stereocenters. The van der Waals surface area contributed by atoms with E-state index in [0.717, 1.165) is 24.4 Å². The van der Waals surface area contributed by atoms with Crippen LogP contribution in [-0.4, -0.2) is 6.04 Å². The number of nitrogens with one attached hydrogen (secondary N) is 1. The second kappa shape index (κ2) is 5.22. The van der Waals surface area contributed by atoms with Gasteiger partial charge in [0.15, 0.2) is 0 Å². The molecule has 0 amide bonds. The first-order chi connectivity index (χ1) is 8.43. The third kappa shape index (κ3) is 2.55. The quantitative estimate of drug-likeness (QED) is 0.811. The van der Waals surface area contributed by atoms with Crippen molar-refractivity contribution in [1.82, 2.24) is 5.32 Å². The molecule has 0 spiro atoms. The smallest absolute Gasteiger partial charge is 0.0208 e. The summed E-state index contributed by atoms with van der Waals surface area (Å²) in [7, 11) is 0. The molecule has 2 aliphatic carbocycles. The van der Waals surface area contributed by atoms with Gasteiger partial charge in [-0.15, -0.1) is 0 Å². The summed E-state index contributed by atoms with van der Waals surface area (Å²) < 4.78 is 0. The zero-order chi connectivity index (χ0) is 11.5. The molecule has 2 saturated carbocycles. The highest BCUT2D eigenvalue weighted by Gasteiger charge is 2.35.